The van der Waals surface area contributed by atoms with E-state index < -0.39 is 15.9 Å². The summed E-state index contributed by atoms with van der Waals surface area (Å²) in [5.41, 5.74) is 1.69. The van der Waals surface area contributed by atoms with E-state index in [1.54, 1.807) is 30.3 Å². The minimum absolute atomic E-state index is 0.0261. The first-order chi connectivity index (χ1) is 11.3. The summed E-state index contributed by atoms with van der Waals surface area (Å²) >= 11 is 0. The van der Waals surface area contributed by atoms with Gasteiger partial charge in [-0.25, -0.2) is 8.42 Å². The summed E-state index contributed by atoms with van der Waals surface area (Å²) in [5, 5.41) is 2.68. The Morgan fingerprint density at radius 3 is 2.38 bits per heavy atom. The number of benzene rings is 2. The zero-order chi connectivity index (χ0) is 17.7. The van der Waals surface area contributed by atoms with Crippen LogP contribution in [-0.2, 0) is 14.8 Å². The quantitative estimate of drug-likeness (QED) is 0.869. The molecule has 6 nitrogen and oxygen atoms in total. The van der Waals surface area contributed by atoms with Gasteiger partial charge < -0.3 is 10.1 Å². The number of methoxy groups -OCH3 is 1. The van der Waals surface area contributed by atoms with Crippen molar-refractivity contribution < 1.29 is 17.9 Å². The third-order valence-corrected chi connectivity index (χ3v) is 5.30. The first kappa shape index (κ1) is 18.0. The number of anilines is 1. The number of rotatable bonds is 6. The van der Waals surface area contributed by atoms with Crippen molar-refractivity contribution in [2.45, 2.75) is 11.8 Å². The van der Waals surface area contributed by atoms with E-state index in [2.05, 4.69) is 5.32 Å². The number of carbonyl (C=O) groups excluding carboxylic acids is 1. The molecule has 0 spiro atoms. The van der Waals surface area contributed by atoms with Gasteiger partial charge in [-0.15, -0.1) is 0 Å². The van der Waals surface area contributed by atoms with Crippen LogP contribution in [0.3, 0.4) is 0 Å². The zero-order valence-corrected chi connectivity index (χ0v) is 14.6. The first-order valence-corrected chi connectivity index (χ1v) is 8.74. The molecule has 0 saturated carbocycles. The lowest BCUT2D eigenvalue weighted by molar-refractivity contribution is -0.116. The monoisotopic (exact) mass is 348 g/mol. The molecule has 2 rings (SSSR count). The van der Waals surface area contributed by atoms with Crippen molar-refractivity contribution >= 4 is 21.6 Å². The molecule has 0 fully saturated rings. The SMILES string of the molecule is COc1ccccc1S(=O)(=O)N(C)CC(=O)Nc1ccc(C)cc1. The largest absolute Gasteiger partial charge is 0.495 e. The number of carbonyl (C=O) groups is 1. The van der Waals surface area contributed by atoms with Crippen molar-refractivity contribution in [3.63, 3.8) is 0 Å². The van der Waals surface area contributed by atoms with Crippen molar-refractivity contribution in [3.05, 3.63) is 54.1 Å². The summed E-state index contributed by atoms with van der Waals surface area (Å²) in [6.45, 7) is 1.65. The Morgan fingerprint density at radius 1 is 1.12 bits per heavy atom. The molecule has 1 N–H and O–H groups in total. The lowest BCUT2D eigenvalue weighted by Gasteiger charge is -2.18. The second kappa shape index (κ2) is 7.46. The summed E-state index contributed by atoms with van der Waals surface area (Å²) in [6, 6.07) is 13.6. The second-order valence-electron chi connectivity index (χ2n) is 5.33. The third kappa shape index (κ3) is 4.12. The van der Waals surface area contributed by atoms with E-state index in [-0.39, 0.29) is 17.2 Å². The Kier molecular flexibility index (Phi) is 5.58. The predicted octanol–water partition coefficient (Wildman–Crippen LogP) is 2.26. The van der Waals surface area contributed by atoms with Crippen LogP contribution in [0.25, 0.3) is 0 Å². The molecular weight excluding hydrogens is 328 g/mol. The summed E-state index contributed by atoms with van der Waals surface area (Å²) in [4.78, 5) is 12.1. The van der Waals surface area contributed by atoms with Crippen LogP contribution in [0.4, 0.5) is 5.69 Å². The molecule has 0 aromatic heterocycles. The molecule has 7 heteroatoms. The highest BCUT2D eigenvalue weighted by Crippen LogP contribution is 2.25. The van der Waals surface area contributed by atoms with E-state index in [4.69, 9.17) is 4.74 Å². The minimum atomic E-state index is -3.83. The zero-order valence-electron chi connectivity index (χ0n) is 13.8. The molecule has 0 unspecified atom stereocenters. The summed E-state index contributed by atoms with van der Waals surface area (Å²) in [7, 11) is -1.07. The average Bonchev–Trinajstić information content (AvgIpc) is 2.56. The molecule has 0 saturated heterocycles. The Hall–Kier alpha value is -2.38. The molecule has 0 aliphatic rings. The van der Waals surface area contributed by atoms with Crippen molar-refractivity contribution in [1.29, 1.82) is 0 Å². The van der Waals surface area contributed by atoms with E-state index in [1.807, 2.05) is 19.1 Å². The van der Waals surface area contributed by atoms with Gasteiger partial charge in [0.2, 0.25) is 15.9 Å². The van der Waals surface area contributed by atoms with Crippen molar-refractivity contribution in [1.82, 2.24) is 4.31 Å². The summed E-state index contributed by atoms with van der Waals surface area (Å²) < 4.78 is 31.3. The highest BCUT2D eigenvalue weighted by Gasteiger charge is 2.26. The number of para-hydroxylation sites is 1. The molecule has 2 aromatic rings. The van der Waals surface area contributed by atoms with Crippen LogP contribution in [0.5, 0.6) is 5.75 Å². The number of sulfonamides is 1. The minimum Gasteiger partial charge on any atom is -0.495 e. The van der Waals surface area contributed by atoms with Gasteiger partial charge in [-0.3, -0.25) is 4.79 Å². The molecular formula is C17H20N2O4S. The predicted molar refractivity (Wildman–Crippen MR) is 92.6 cm³/mol. The molecule has 0 aliphatic heterocycles. The van der Waals surface area contributed by atoms with E-state index in [0.29, 0.717) is 5.69 Å². The van der Waals surface area contributed by atoms with Crippen LogP contribution in [0.1, 0.15) is 5.56 Å². The van der Waals surface area contributed by atoms with Gasteiger partial charge in [-0.2, -0.15) is 4.31 Å². The third-order valence-electron chi connectivity index (χ3n) is 3.46. The van der Waals surface area contributed by atoms with Gasteiger partial charge >= 0.3 is 0 Å². The number of nitrogens with zero attached hydrogens (tertiary/aromatic N) is 1. The van der Waals surface area contributed by atoms with Crippen molar-refractivity contribution in [2.75, 3.05) is 26.0 Å². The van der Waals surface area contributed by atoms with Crippen molar-refractivity contribution in [3.8, 4) is 5.75 Å². The van der Waals surface area contributed by atoms with Gasteiger partial charge in [0.25, 0.3) is 0 Å². The molecule has 0 radical (unpaired) electrons. The Balaban J connectivity index is 2.11. The van der Waals surface area contributed by atoms with Gasteiger partial charge in [-0.05, 0) is 31.2 Å². The fourth-order valence-corrected chi connectivity index (χ4v) is 3.40. The highest BCUT2D eigenvalue weighted by molar-refractivity contribution is 7.89. The molecule has 0 aliphatic carbocycles. The Labute approximate surface area is 142 Å². The van der Waals surface area contributed by atoms with Gasteiger partial charge in [0.1, 0.15) is 10.6 Å². The molecule has 0 atom stereocenters. The van der Waals surface area contributed by atoms with E-state index in [1.165, 1.54) is 20.2 Å². The van der Waals surface area contributed by atoms with Gasteiger partial charge in [-0.1, -0.05) is 29.8 Å². The normalized spacial score (nSPS) is 11.3. The van der Waals surface area contributed by atoms with Crippen LogP contribution in [-0.4, -0.2) is 39.3 Å². The lowest BCUT2D eigenvalue weighted by Crippen LogP contribution is -2.35. The molecule has 128 valence electrons. The second-order valence-corrected chi connectivity index (χ2v) is 7.34. The standard InChI is InChI=1S/C17H20N2O4S/c1-13-8-10-14(11-9-13)18-17(20)12-19(2)24(21,22)16-7-5-4-6-15(16)23-3/h4-11H,12H2,1-3H3,(H,18,20). The van der Waals surface area contributed by atoms with Crippen LogP contribution >= 0.6 is 0 Å². The van der Waals surface area contributed by atoms with Crippen LogP contribution < -0.4 is 10.1 Å². The Morgan fingerprint density at radius 2 is 1.75 bits per heavy atom. The van der Waals surface area contributed by atoms with Crippen LogP contribution in [0.2, 0.25) is 0 Å². The Bertz CT molecular complexity index is 817. The highest BCUT2D eigenvalue weighted by atomic mass is 32.2. The number of hydrogen-bond acceptors (Lipinski definition) is 4. The van der Waals surface area contributed by atoms with Crippen LogP contribution in [0, 0.1) is 6.92 Å². The molecule has 1 amide bonds. The van der Waals surface area contributed by atoms with E-state index in [0.717, 1.165) is 9.87 Å². The number of aryl methyl sites for hydroxylation is 1. The maximum absolute atomic E-state index is 12.6. The number of ether oxygens (including phenoxy) is 1. The van der Waals surface area contributed by atoms with Crippen LogP contribution in [0.15, 0.2) is 53.4 Å². The average molecular weight is 348 g/mol. The molecule has 24 heavy (non-hydrogen) atoms. The molecule has 0 heterocycles. The maximum Gasteiger partial charge on any atom is 0.246 e. The fourth-order valence-electron chi connectivity index (χ4n) is 2.12. The molecule has 0 bridgehead atoms. The summed E-state index contributed by atoms with van der Waals surface area (Å²) in [5.74, 6) is -0.178. The number of hydrogen-bond donors (Lipinski definition) is 1. The fraction of sp³-hybridized carbons (Fsp3) is 0.235. The summed E-state index contributed by atoms with van der Waals surface area (Å²) in [6.07, 6.45) is 0. The number of amides is 1. The van der Waals surface area contributed by atoms with E-state index >= 15 is 0 Å². The van der Waals surface area contributed by atoms with Crippen molar-refractivity contribution in [2.24, 2.45) is 0 Å². The van der Waals surface area contributed by atoms with Gasteiger partial charge in [0.15, 0.2) is 0 Å². The first-order valence-electron chi connectivity index (χ1n) is 7.30. The topological polar surface area (TPSA) is 75.7 Å². The van der Waals surface area contributed by atoms with Gasteiger partial charge in [0, 0.05) is 12.7 Å². The molecule has 2 aromatic carbocycles. The van der Waals surface area contributed by atoms with E-state index in [9.17, 15) is 13.2 Å². The number of likely N-dealkylation sites (N-methyl/N-ethyl adjacent to an activating group) is 1. The maximum atomic E-state index is 12.6. The smallest absolute Gasteiger partial charge is 0.246 e. The lowest BCUT2D eigenvalue weighted by atomic mass is 10.2. The number of nitrogens with one attached hydrogen (secondary N) is 1. The van der Waals surface area contributed by atoms with Gasteiger partial charge in [0.05, 0.1) is 13.7 Å².